The molecule has 0 bridgehead atoms. The summed E-state index contributed by atoms with van der Waals surface area (Å²) in [6, 6.07) is 9.33. The molecule has 1 aliphatic rings. The minimum absolute atomic E-state index is 0.0523. The predicted octanol–water partition coefficient (Wildman–Crippen LogP) is 2.79. The van der Waals surface area contributed by atoms with Crippen LogP contribution in [0.25, 0.3) is 0 Å². The molecule has 1 saturated heterocycles. The molecule has 90 valence electrons. The lowest BCUT2D eigenvalue weighted by Gasteiger charge is -2.31. The zero-order valence-electron chi connectivity index (χ0n) is 9.50. The lowest BCUT2D eigenvalue weighted by Crippen LogP contribution is -2.38. The van der Waals surface area contributed by atoms with Crippen molar-refractivity contribution < 1.29 is 8.78 Å². The van der Waals surface area contributed by atoms with Crippen LogP contribution in [0, 0.1) is 11.3 Å². The van der Waals surface area contributed by atoms with Crippen LogP contribution in [-0.4, -0.2) is 23.9 Å². The number of nitrogens with zero attached hydrogens (tertiary/aromatic N) is 2. The highest BCUT2D eigenvalue weighted by atomic mass is 19.3. The third kappa shape index (κ3) is 3.24. The average Bonchev–Trinajstić information content (AvgIpc) is 2.33. The van der Waals surface area contributed by atoms with Gasteiger partial charge in [0.1, 0.15) is 0 Å². The van der Waals surface area contributed by atoms with E-state index >= 15 is 0 Å². The van der Waals surface area contributed by atoms with Crippen LogP contribution in [0.5, 0.6) is 0 Å². The number of likely N-dealkylation sites (tertiary alicyclic amines) is 1. The molecule has 0 aromatic heterocycles. The molecule has 1 aliphatic heterocycles. The van der Waals surface area contributed by atoms with Gasteiger partial charge in [0.05, 0.1) is 11.6 Å². The largest absolute Gasteiger partial charge is 0.299 e. The predicted molar refractivity (Wildman–Crippen MR) is 60.6 cm³/mol. The van der Waals surface area contributed by atoms with Gasteiger partial charge in [-0.05, 0) is 17.7 Å². The summed E-state index contributed by atoms with van der Waals surface area (Å²) in [5.41, 5.74) is 1.69. The zero-order valence-corrected chi connectivity index (χ0v) is 9.50. The van der Waals surface area contributed by atoms with E-state index in [9.17, 15) is 8.78 Å². The minimum Gasteiger partial charge on any atom is -0.299 e. The maximum Gasteiger partial charge on any atom is 0.250 e. The molecule has 1 fully saturated rings. The Bertz CT molecular complexity index is 410. The van der Waals surface area contributed by atoms with Crippen LogP contribution in [-0.2, 0) is 6.54 Å². The summed E-state index contributed by atoms with van der Waals surface area (Å²) >= 11 is 0. The first-order chi connectivity index (χ1) is 8.09. The Kier molecular flexibility index (Phi) is 3.39. The Morgan fingerprint density at radius 1 is 1.18 bits per heavy atom. The number of piperidine rings is 1. The second kappa shape index (κ2) is 4.80. The number of benzene rings is 1. The molecule has 1 aromatic rings. The van der Waals surface area contributed by atoms with Crippen molar-refractivity contribution in [2.45, 2.75) is 25.3 Å². The molecule has 0 N–H and O–H groups in total. The summed E-state index contributed by atoms with van der Waals surface area (Å²) in [4.78, 5) is 2.03. The Morgan fingerprint density at radius 3 is 2.29 bits per heavy atom. The van der Waals surface area contributed by atoms with Crippen molar-refractivity contribution in [1.82, 2.24) is 4.90 Å². The van der Waals surface area contributed by atoms with Crippen LogP contribution < -0.4 is 0 Å². The summed E-state index contributed by atoms with van der Waals surface area (Å²) in [6.07, 6.45) is -0.105. The summed E-state index contributed by atoms with van der Waals surface area (Å²) in [5.74, 6) is -2.48. The zero-order chi connectivity index (χ0) is 12.3. The number of hydrogen-bond acceptors (Lipinski definition) is 2. The van der Waals surface area contributed by atoms with Crippen LogP contribution in [0.15, 0.2) is 24.3 Å². The topological polar surface area (TPSA) is 27.0 Å². The summed E-state index contributed by atoms with van der Waals surface area (Å²) in [7, 11) is 0. The van der Waals surface area contributed by atoms with E-state index in [4.69, 9.17) is 5.26 Å². The fourth-order valence-corrected chi connectivity index (χ4v) is 1.98. The average molecular weight is 236 g/mol. The third-order valence-electron chi connectivity index (χ3n) is 3.08. The van der Waals surface area contributed by atoms with E-state index in [0.717, 1.165) is 5.56 Å². The number of rotatable bonds is 2. The molecule has 2 nitrogen and oxygen atoms in total. The normalized spacial score (nSPS) is 19.8. The van der Waals surface area contributed by atoms with Crippen molar-refractivity contribution in [2.75, 3.05) is 13.1 Å². The van der Waals surface area contributed by atoms with Gasteiger partial charge in [0.2, 0.25) is 0 Å². The smallest absolute Gasteiger partial charge is 0.250 e. The molecule has 0 atom stereocenters. The Balaban J connectivity index is 1.91. The van der Waals surface area contributed by atoms with Gasteiger partial charge in [-0.15, -0.1) is 0 Å². The molecule has 0 amide bonds. The van der Waals surface area contributed by atoms with E-state index in [1.807, 2.05) is 17.0 Å². The minimum atomic E-state index is -2.48. The van der Waals surface area contributed by atoms with Gasteiger partial charge in [-0.25, -0.2) is 8.78 Å². The molecule has 0 aliphatic carbocycles. The van der Waals surface area contributed by atoms with Gasteiger partial charge < -0.3 is 0 Å². The van der Waals surface area contributed by atoms with E-state index < -0.39 is 5.92 Å². The Hall–Kier alpha value is -1.47. The van der Waals surface area contributed by atoms with E-state index in [1.165, 1.54) is 0 Å². The Morgan fingerprint density at radius 2 is 1.76 bits per heavy atom. The summed E-state index contributed by atoms with van der Waals surface area (Å²) < 4.78 is 25.9. The quantitative estimate of drug-likeness (QED) is 0.789. The highest BCUT2D eigenvalue weighted by Crippen LogP contribution is 2.28. The maximum absolute atomic E-state index is 13.0. The van der Waals surface area contributed by atoms with Gasteiger partial charge in [0.25, 0.3) is 5.92 Å². The SMILES string of the molecule is N#Cc1ccc(CN2CCC(F)(F)CC2)cc1. The second-order valence-electron chi connectivity index (χ2n) is 4.44. The van der Waals surface area contributed by atoms with Crippen LogP contribution in [0.3, 0.4) is 0 Å². The highest BCUT2D eigenvalue weighted by molar-refractivity contribution is 5.31. The first-order valence-electron chi connectivity index (χ1n) is 5.68. The van der Waals surface area contributed by atoms with E-state index in [0.29, 0.717) is 25.2 Å². The Labute approximate surface area is 99.5 Å². The number of halogens is 2. The fourth-order valence-electron chi connectivity index (χ4n) is 1.98. The van der Waals surface area contributed by atoms with Crippen LogP contribution in [0.1, 0.15) is 24.0 Å². The van der Waals surface area contributed by atoms with Crippen LogP contribution >= 0.6 is 0 Å². The second-order valence-corrected chi connectivity index (χ2v) is 4.44. The molecule has 0 saturated carbocycles. The van der Waals surface area contributed by atoms with Crippen molar-refractivity contribution in [3.63, 3.8) is 0 Å². The molecule has 1 aromatic carbocycles. The van der Waals surface area contributed by atoms with Gasteiger partial charge in [-0.3, -0.25) is 4.90 Å². The van der Waals surface area contributed by atoms with Crippen molar-refractivity contribution in [1.29, 1.82) is 5.26 Å². The van der Waals surface area contributed by atoms with Crippen LogP contribution in [0.2, 0.25) is 0 Å². The number of hydrogen-bond donors (Lipinski definition) is 0. The van der Waals surface area contributed by atoms with Crippen molar-refractivity contribution in [3.8, 4) is 6.07 Å². The molecular weight excluding hydrogens is 222 g/mol. The molecular formula is C13H14F2N2. The maximum atomic E-state index is 13.0. The van der Waals surface area contributed by atoms with Gasteiger partial charge in [-0.2, -0.15) is 5.26 Å². The third-order valence-corrected chi connectivity index (χ3v) is 3.08. The molecule has 4 heteroatoms. The number of alkyl halides is 2. The van der Waals surface area contributed by atoms with Gasteiger partial charge >= 0.3 is 0 Å². The fraction of sp³-hybridized carbons (Fsp3) is 0.462. The molecule has 1 heterocycles. The van der Waals surface area contributed by atoms with Crippen LogP contribution in [0.4, 0.5) is 8.78 Å². The monoisotopic (exact) mass is 236 g/mol. The lowest BCUT2D eigenvalue weighted by atomic mass is 10.1. The van der Waals surface area contributed by atoms with Gasteiger partial charge in [0.15, 0.2) is 0 Å². The summed E-state index contributed by atoms with van der Waals surface area (Å²) in [5, 5.41) is 8.66. The highest BCUT2D eigenvalue weighted by Gasteiger charge is 2.33. The summed E-state index contributed by atoms with van der Waals surface area (Å²) in [6.45, 7) is 1.56. The van der Waals surface area contributed by atoms with E-state index in [1.54, 1.807) is 12.1 Å². The van der Waals surface area contributed by atoms with Gasteiger partial charge in [-0.1, -0.05) is 12.1 Å². The standard InChI is InChI=1S/C13H14F2N2/c14-13(15)5-7-17(8-6-13)10-12-3-1-11(9-16)2-4-12/h1-4H,5-8,10H2. The lowest BCUT2D eigenvalue weighted by molar-refractivity contribution is -0.0566. The molecule has 2 rings (SSSR count). The first kappa shape index (κ1) is 12.0. The molecule has 0 spiro atoms. The van der Waals surface area contributed by atoms with Crippen molar-refractivity contribution in [2.24, 2.45) is 0 Å². The number of nitriles is 1. The molecule has 17 heavy (non-hydrogen) atoms. The molecule has 0 unspecified atom stereocenters. The first-order valence-corrected chi connectivity index (χ1v) is 5.68. The van der Waals surface area contributed by atoms with Gasteiger partial charge in [0, 0.05) is 32.5 Å². The van der Waals surface area contributed by atoms with E-state index in [-0.39, 0.29) is 12.8 Å². The van der Waals surface area contributed by atoms with Crippen molar-refractivity contribution in [3.05, 3.63) is 35.4 Å². The molecule has 0 radical (unpaired) electrons. The van der Waals surface area contributed by atoms with E-state index in [2.05, 4.69) is 6.07 Å². The van der Waals surface area contributed by atoms with Crippen molar-refractivity contribution >= 4 is 0 Å².